The van der Waals surface area contributed by atoms with Crippen LogP contribution in [-0.2, 0) is 0 Å². The van der Waals surface area contributed by atoms with Gasteiger partial charge in [0.25, 0.3) is 0 Å². The molecule has 5 heteroatoms. The summed E-state index contributed by atoms with van der Waals surface area (Å²) < 4.78 is 51.2. The van der Waals surface area contributed by atoms with E-state index in [0.717, 1.165) is 12.1 Å². The van der Waals surface area contributed by atoms with Gasteiger partial charge in [-0.1, -0.05) is 0 Å². The van der Waals surface area contributed by atoms with Crippen molar-refractivity contribution in [3.63, 3.8) is 0 Å². The van der Waals surface area contributed by atoms with Crippen LogP contribution in [0.1, 0.15) is 22.1 Å². The number of hydrogen-bond acceptors (Lipinski definition) is 1. The van der Waals surface area contributed by atoms with Gasteiger partial charge >= 0.3 is 5.92 Å². The fraction of sp³-hybridized carbons (Fsp3) is 0.222. The number of carbonyl (C=O) groups is 1. The number of ketones is 1. The molecule has 0 heterocycles. The van der Waals surface area contributed by atoms with E-state index in [0.29, 0.717) is 6.07 Å². The minimum absolute atomic E-state index is 0.441. The molecule has 0 bridgehead atoms. The minimum Gasteiger partial charge on any atom is -0.287 e. The van der Waals surface area contributed by atoms with E-state index in [-0.39, 0.29) is 0 Å². The van der Waals surface area contributed by atoms with Gasteiger partial charge in [-0.25, -0.2) is 8.78 Å². The summed E-state index contributed by atoms with van der Waals surface area (Å²) in [5.41, 5.74) is -1.01. The first-order valence-electron chi connectivity index (χ1n) is 3.80. The lowest BCUT2D eigenvalue weighted by molar-refractivity contribution is -0.0364. The number of rotatable bonds is 0. The summed E-state index contributed by atoms with van der Waals surface area (Å²) in [6.45, 7) is 0. The van der Waals surface area contributed by atoms with Gasteiger partial charge in [0.2, 0.25) is 5.78 Å². The van der Waals surface area contributed by atoms with Gasteiger partial charge in [-0.05, 0) is 18.2 Å². The topological polar surface area (TPSA) is 17.1 Å². The largest absolute Gasteiger partial charge is 0.344 e. The van der Waals surface area contributed by atoms with Crippen LogP contribution in [0.2, 0.25) is 0 Å². The number of Topliss-reactive ketones (excluding diaryl/α,β-unsaturated/α-hetero) is 1. The second-order valence-corrected chi connectivity index (χ2v) is 3.05. The van der Waals surface area contributed by atoms with E-state index in [9.17, 15) is 22.4 Å². The zero-order valence-electron chi connectivity index (χ0n) is 6.73. The maximum atomic E-state index is 13.0. The Labute approximate surface area is 76.3 Å². The zero-order valence-corrected chi connectivity index (χ0v) is 6.73. The molecule has 0 radical (unpaired) electrons. The number of halogens is 4. The highest BCUT2D eigenvalue weighted by Crippen LogP contribution is 2.45. The van der Waals surface area contributed by atoms with Gasteiger partial charge in [0.15, 0.2) is 6.17 Å². The van der Waals surface area contributed by atoms with Crippen LogP contribution in [0.15, 0.2) is 18.2 Å². The van der Waals surface area contributed by atoms with Gasteiger partial charge in [0, 0.05) is 11.1 Å². The highest BCUT2D eigenvalue weighted by molar-refractivity contribution is 6.06. The second kappa shape index (κ2) is 2.56. The minimum atomic E-state index is -4.06. The molecule has 74 valence electrons. The van der Waals surface area contributed by atoms with Crippen LogP contribution in [0.4, 0.5) is 17.6 Å². The number of alkyl halides is 3. The van der Waals surface area contributed by atoms with Crippen molar-refractivity contribution in [2.24, 2.45) is 0 Å². The molecule has 1 aliphatic carbocycles. The first-order chi connectivity index (χ1) is 6.44. The normalized spacial score (nSPS) is 23.7. The summed E-state index contributed by atoms with van der Waals surface area (Å²) in [6, 6.07) is 2.35. The Kier molecular flexibility index (Phi) is 1.68. The Bertz CT molecular complexity index is 413. The van der Waals surface area contributed by atoms with Crippen molar-refractivity contribution in [1.82, 2.24) is 0 Å². The van der Waals surface area contributed by atoms with E-state index in [1.165, 1.54) is 0 Å². The van der Waals surface area contributed by atoms with Crippen molar-refractivity contribution in [3.05, 3.63) is 35.1 Å². The fourth-order valence-electron chi connectivity index (χ4n) is 1.44. The van der Waals surface area contributed by atoms with Crippen LogP contribution in [0.3, 0.4) is 0 Å². The molecule has 14 heavy (non-hydrogen) atoms. The van der Waals surface area contributed by atoms with Gasteiger partial charge in [-0.3, -0.25) is 4.79 Å². The Morgan fingerprint density at radius 2 is 1.93 bits per heavy atom. The smallest absolute Gasteiger partial charge is 0.287 e. The Balaban J connectivity index is 2.65. The lowest BCUT2D eigenvalue weighted by atomic mass is 10.1. The maximum absolute atomic E-state index is 13.0. The molecule has 1 aliphatic rings. The third kappa shape index (κ3) is 0.981. The van der Waals surface area contributed by atoms with Crippen molar-refractivity contribution in [2.45, 2.75) is 12.1 Å². The molecule has 0 saturated heterocycles. The fourth-order valence-corrected chi connectivity index (χ4v) is 1.44. The maximum Gasteiger partial charge on any atom is 0.344 e. The molecule has 2 rings (SSSR count). The standard InChI is InChI=1S/C9H4F4O/c10-4-1-2-5-6(3-4)7(11)9(12,13)8(5)14/h1-3,7H. The van der Waals surface area contributed by atoms with Gasteiger partial charge in [-0.15, -0.1) is 0 Å². The van der Waals surface area contributed by atoms with Crippen molar-refractivity contribution in [2.75, 3.05) is 0 Å². The zero-order chi connectivity index (χ0) is 10.5. The summed E-state index contributed by atoms with van der Waals surface area (Å²) in [4.78, 5) is 10.9. The van der Waals surface area contributed by atoms with Crippen molar-refractivity contribution >= 4 is 5.78 Å². The molecular formula is C9H4F4O. The van der Waals surface area contributed by atoms with E-state index < -0.39 is 34.8 Å². The Morgan fingerprint density at radius 1 is 1.29 bits per heavy atom. The van der Waals surface area contributed by atoms with Crippen LogP contribution in [-0.4, -0.2) is 11.7 Å². The van der Waals surface area contributed by atoms with E-state index in [1.807, 2.05) is 0 Å². The molecule has 1 aromatic carbocycles. The number of benzene rings is 1. The van der Waals surface area contributed by atoms with E-state index in [1.54, 1.807) is 0 Å². The van der Waals surface area contributed by atoms with E-state index in [4.69, 9.17) is 0 Å². The predicted octanol–water partition coefficient (Wildman–Crippen LogP) is 2.67. The molecule has 0 fully saturated rings. The highest BCUT2D eigenvalue weighted by atomic mass is 19.3. The molecule has 1 nitrogen and oxygen atoms in total. The van der Waals surface area contributed by atoms with Gasteiger partial charge in [-0.2, -0.15) is 8.78 Å². The SMILES string of the molecule is O=C1c2ccc(F)cc2C(F)C1(F)F. The van der Waals surface area contributed by atoms with Gasteiger partial charge in [0.05, 0.1) is 0 Å². The third-order valence-electron chi connectivity index (χ3n) is 2.15. The molecule has 1 unspecified atom stereocenters. The monoisotopic (exact) mass is 204 g/mol. The first-order valence-corrected chi connectivity index (χ1v) is 3.80. The molecule has 1 aromatic rings. The summed E-state index contributed by atoms with van der Waals surface area (Å²) in [5.74, 6) is -6.48. The summed E-state index contributed by atoms with van der Waals surface area (Å²) in [6.07, 6.45) is -2.74. The third-order valence-corrected chi connectivity index (χ3v) is 2.15. The van der Waals surface area contributed by atoms with Crippen molar-refractivity contribution in [1.29, 1.82) is 0 Å². The quantitative estimate of drug-likeness (QED) is 0.594. The van der Waals surface area contributed by atoms with Crippen LogP contribution in [0, 0.1) is 5.82 Å². The molecule has 0 aliphatic heterocycles. The van der Waals surface area contributed by atoms with Crippen LogP contribution in [0.5, 0.6) is 0 Å². The van der Waals surface area contributed by atoms with Crippen molar-refractivity contribution < 1.29 is 22.4 Å². The van der Waals surface area contributed by atoms with Gasteiger partial charge < -0.3 is 0 Å². The summed E-state index contributed by atoms with van der Waals surface area (Å²) in [5, 5.41) is 0. The van der Waals surface area contributed by atoms with Gasteiger partial charge in [0.1, 0.15) is 5.82 Å². The summed E-state index contributed by atoms with van der Waals surface area (Å²) >= 11 is 0. The molecule has 0 N–H and O–H groups in total. The number of carbonyl (C=O) groups excluding carboxylic acids is 1. The molecule has 1 atom stereocenters. The molecule has 0 aromatic heterocycles. The Hall–Kier alpha value is -1.39. The van der Waals surface area contributed by atoms with E-state index >= 15 is 0 Å². The molecular weight excluding hydrogens is 200 g/mol. The van der Waals surface area contributed by atoms with E-state index in [2.05, 4.69) is 0 Å². The van der Waals surface area contributed by atoms with Crippen LogP contribution in [0.25, 0.3) is 0 Å². The molecule has 0 saturated carbocycles. The lowest BCUT2D eigenvalue weighted by Crippen LogP contribution is -2.26. The predicted molar refractivity (Wildman–Crippen MR) is 39.5 cm³/mol. The number of hydrogen-bond donors (Lipinski definition) is 0. The first kappa shape index (κ1) is 9.18. The second-order valence-electron chi connectivity index (χ2n) is 3.05. The Morgan fingerprint density at radius 3 is 2.57 bits per heavy atom. The summed E-state index contributed by atoms with van der Waals surface area (Å²) in [7, 11) is 0. The van der Waals surface area contributed by atoms with Crippen molar-refractivity contribution in [3.8, 4) is 0 Å². The lowest BCUT2D eigenvalue weighted by Gasteiger charge is -2.08. The average molecular weight is 204 g/mol. The van der Waals surface area contributed by atoms with Crippen LogP contribution >= 0.6 is 0 Å². The molecule has 0 spiro atoms. The van der Waals surface area contributed by atoms with Crippen LogP contribution < -0.4 is 0 Å². The number of fused-ring (bicyclic) bond motifs is 1. The highest BCUT2D eigenvalue weighted by Gasteiger charge is 2.56. The molecule has 0 amide bonds. The average Bonchev–Trinajstić information content (AvgIpc) is 2.29.